The minimum Gasteiger partial charge on any atom is -0.349 e. The molecule has 0 spiro atoms. The summed E-state index contributed by atoms with van der Waals surface area (Å²) in [4.78, 5) is 12.1. The van der Waals surface area contributed by atoms with Gasteiger partial charge in [0.25, 0.3) is 5.91 Å². The number of aryl methyl sites for hydroxylation is 2. The van der Waals surface area contributed by atoms with Gasteiger partial charge in [-0.3, -0.25) is 14.2 Å². The Morgan fingerprint density at radius 3 is 2.75 bits per heavy atom. The van der Waals surface area contributed by atoms with Crippen LogP contribution in [0.3, 0.4) is 0 Å². The van der Waals surface area contributed by atoms with E-state index in [0.717, 1.165) is 11.4 Å². The van der Waals surface area contributed by atoms with Gasteiger partial charge in [-0.05, 0) is 25.0 Å². The molecule has 2 rings (SSSR count). The predicted molar refractivity (Wildman–Crippen MR) is 76.6 cm³/mol. The molecule has 0 bridgehead atoms. The monoisotopic (exact) mass is 275 g/mol. The summed E-state index contributed by atoms with van der Waals surface area (Å²) in [5, 5.41) is 11.4. The van der Waals surface area contributed by atoms with Gasteiger partial charge in [-0.2, -0.15) is 10.2 Å². The molecule has 0 aliphatic heterocycles. The topological polar surface area (TPSA) is 64.7 Å². The summed E-state index contributed by atoms with van der Waals surface area (Å²) in [6, 6.07) is 3.79. The molecule has 0 aliphatic carbocycles. The van der Waals surface area contributed by atoms with Crippen molar-refractivity contribution in [2.75, 3.05) is 6.54 Å². The minimum atomic E-state index is -0.100. The normalized spacial score (nSPS) is 11.1. The average Bonchev–Trinajstić information content (AvgIpc) is 2.96. The van der Waals surface area contributed by atoms with Crippen LogP contribution in [0, 0.1) is 6.92 Å². The Balaban J connectivity index is 1.93. The molecule has 2 aromatic heterocycles. The van der Waals surface area contributed by atoms with Crippen LogP contribution < -0.4 is 5.32 Å². The lowest BCUT2D eigenvalue weighted by Gasteiger charge is -2.06. The second-order valence-corrected chi connectivity index (χ2v) is 5.18. The van der Waals surface area contributed by atoms with E-state index in [9.17, 15) is 4.79 Å². The van der Waals surface area contributed by atoms with Crippen molar-refractivity contribution in [3.8, 4) is 0 Å². The molecule has 0 saturated heterocycles. The lowest BCUT2D eigenvalue weighted by atomic mass is 10.1. The van der Waals surface area contributed by atoms with Crippen molar-refractivity contribution in [1.82, 2.24) is 24.9 Å². The number of aromatic nitrogens is 4. The molecule has 1 N–H and O–H groups in total. The fourth-order valence-electron chi connectivity index (χ4n) is 1.98. The number of nitrogens with one attached hydrogen (secondary N) is 1. The highest BCUT2D eigenvalue weighted by molar-refractivity contribution is 5.92. The lowest BCUT2D eigenvalue weighted by Crippen LogP contribution is -2.29. The molecular formula is C14H21N5O. The second-order valence-electron chi connectivity index (χ2n) is 5.18. The molecule has 1 amide bonds. The van der Waals surface area contributed by atoms with Crippen LogP contribution in [0.25, 0.3) is 0 Å². The summed E-state index contributed by atoms with van der Waals surface area (Å²) in [6.07, 6.45) is 1.76. The molecule has 108 valence electrons. The van der Waals surface area contributed by atoms with Crippen LogP contribution in [0.2, 0.25) is 0 Å². The van der Waals surface area contributed by atoms with Crippen molar-refractivity contribution < 1.29 is 4.79 Å². The fraction of sp³-hybridized carbons (Fsp3) is 0.500. The Labute approximate surface area is 118 Å². The Bertz CT molecular complexity index is 596. The van der Waals surface area contributed by atoms with Crippen LogP contribution in [-0.4, -0.2) is 32.0 Å². The summed E-state index contributed by atoms with van der Waals surface area (Å²) >= 11 is 0. The standard InChI is InChI=1S/C14H21N5O/c1-10(2)12-9-13(18(4)17-12)14(20)15-7-8-19-11(3)5-6-16-19/h5-6,9-10H,7-8H2,1-4H3,(H,15,20). The van der Waals surface area contributed by atoms with Crippen molar-refractivity contribution in [3.05, 3.63) is 35.4 Å². The van der Waals surface area contributed by atoms with E-state index in [0.29, 0.717) is 24.7 Å². The van der Waals surface area contributed by atoms with E-state index in [4.69, 9.17) is 0 Å². The zero-order valence-electron chi connectivity index (χ0n) is 12.4. The molecular weight excluding hydrogens is 254 g/mol. The Hall–Kier alpha value is -2.11. The quantitative estimate of drug-likeness (QED) is 0.899. The first kappa shape index (κ1) is 14.3. The first-order chi connectivity index (χ1) is 9.49. The van der Waals surface area contributed by atoms with Gasteiger partial charge in [0.2, 0.25) is 0 Å². The summed E-state index contributed by atoms with van der Waals surface area (Å²) in [7, 11) is 1.79. The van der Waals surface area contributed by atoms with Crippen molar-refractivity contribution in [3.63, 3.8) is 0 Å². The van der Waals surface area contributed by atoms with E-state index >= 15 is 0 Å². The van der Waals surface area contributed by atoms with E-state index in [1.165, 1.54) is 0 Å². The van der Waals surface area contributed by atoms with Crippen LogP contribution in [0.15, 0.2) is 18.3 Å². The van der Waals surface area contributed by atoms with Crippen LogP contribution in [-0.2, 0) is 13.6 Å². The minimum absolute atomic E-state index is 0.100. The van der Waals surface area contributed by atoms with Crippen molar-refractivity contribution in [2.24, 2.45) is 7.05 Å². The number of hydrogen-bond donors (Lipinski definition) is 1. The number of amides is 1. The van der Waals surface area contributed by atoms with Crippen LogP contribution in [0.1, 0.15) is 41.6 Å². The highest BCUT2D eigenvalue weighted by Crippen LogP contribution is 2.13. The van der Waals surface area contributed by atoms with Gasteiger partial charge >= 0.3 is 0 Å². The summed E-state index contributed by atoms with van der Waals surface area (Å²) in [5.74, 6) is 0.214. The Morgan fingerprint density at radius 2 is 2.20 bits per heavy atom. The van der Waals surface area contributed by atoms with E-state index in [-0.39, 0.29) is 5.91 Å². The van der Waals surface area contributed by atoms with Gasteiger partial charge in [0, 0.05) is 25.5 Å². The van der Waals surface area contributed by atoms with Gasteiger partial charge in [-0.1, -0.05) is 13.8 Å². The highest BCUT2D eigenvalue weighted by Gasteiger charge is 2.14. The Kier molecular flexibility index (Phi) is 4.22. The van der Waals surface area contributed by atoms with Crippen molar-refractivity contribution >= 4 is 5.91 Å². The van der Waals surface area contributed by atoms with Gasteiger partial charge in [0.15, 0.2) is 0 Å². The maximum atomic E-state index is 12.1. The SMILES string of the molecule is Cc1ccnn1CCNC(=O)c1cc(C(C)C)nn1C. The maximum Gasteiger partial charge on any atom is 0.269 e. The first-order valence-electron chi connectivity index (χ1n) is 6.79. The summed E-state index contributed by atoms with van der Waals surface area (Å²) in [6.45, 7) is 7.32. The number of rotatable bonds is 5. The molecule has 2 aromatic rings. The number of carbonyl (C=O) groups excluding carboxylic acids is 1. The zero-order chi connectivity index (χ0) is 14.7. The molecule has 0 atom stereocenters. The third-order valence-corrected chi connectivity index (χ3v) is 3.26. The summed E-state index contributed by atoms with van der Waals surface area (Å²) in [5.41, 5.74) is 2.60. The molecule has 0 aliphatic rings. The third kappa shape index (κ3) is 3.07. The first-order valence-corrected chi connectivity index (χ1v) is 6.79. The number of hydrogen-bond acceptors (Lipinski definition) is 3. The van der Waals surface area contributed by atoms with E-state index < -0.39 is 0 Å². The molecule has 0 unspecified atom stereocenters. The van der Waals surface area contributed by atoms with Gasteiger partial charge in [-0.15, -0.1) is 0 Å². The molecule has 0 aromatic carbocycles. The lowest BCUT2D eigenvalue weighted by molar-refractivity contribution is 0.0942. The average molecular weight is 275 g/mol. The third-order valence-electron chi connectivity index (χ3n) is 3.26. The number of nitrogens with zero attached hydrogens (tertiary/aromatic N) is 4. The van der Waals surface area contributed by atoms with Crippen molar-refractivity contribution in [2.45, 2.75) is 33.2 Å². The highest BCUT2D eigenvalue weighted by atomic mass is 16.2. The molecule has 2 heterocycles. The molecule has 0 radical (unpaired) electrons. The zero-order valence-corrected chi connectivity index (χ0v) is 12.4. The second kappa shape index (κ2) is 5.90. The van der Waals surface area contributed by atoms with Crippen LogP contribution in [0.4, 0.5) is 0 Å². The maximum absolute atomic E-state index is 12.1. The fourth-order valence-corrected chi connectivity index (χ4v) is 1.98. The molecule has 6 nitrogen and oxygen atoms in total. The van der Waals surface area contributed by atoms with E-state index in [1.54, 1.807) is 17.9 Å². The molecule has 0 fully saturated rings. The van der Waals surface area contributed by atoms with Crippen LogP contribution >= 0.6 is 0 Å². The van der Waals surface area contributed by atoms with Crippen molar-refractivity contribution in [1.29, 1.82) is 0 Å². The van der Waals surface area contributed by atoms with Gasteiger partial charge in [0.1, 0.15) is 5.69 Å². The molecule has 20 heavy (non-hydrogen) atoms. The van der Waals surface area contributed by atoms with Gasteiger partial charge in [-0.25, -0.2) is 0 Å². The Morgan fingerprint density at radius 1 is 1.45 bits per heavy atom. The smallest absolute Gasteiger partial charge is 0.269 e. The largest absolute Gasteiger partial charge is 0.349 e. The van der Waals surface area contributed by atoms with Crippen LogP contribution in [0.5, 0.6) is 0 Å². The van der Waals surface area contributed by atoms with E-state index in [2.05, 4.69) is 29.4 Å². The van der Waals surface area contributed by atoms with E-state index in [1.807, 2.05) is 23.7 Å². The molecule has 6 heteroatoms. The van der Waals surface area contributed by atoms with Gasteiger partial charge in [0.05, 0.1) is 12.2 Å². The predicted octanol–water partition coefficient (Wildman–Crippen LogP) is 1.48. The molecule has 0 saturated carbocycles. The van der Waals surface area contributed by atoms with Gasteiger partial charge < -0.3 is 5.32 Å². The summed E-state index contributed by atoms with van der Waals surface area (Å²) < 4.78 is 3.49. The number of carbonyl (C=O) groups is 1.